The third-order valence-corrected chi connectivity index (χ3v) is 5.31. The van der Waals surface area contributed by atoms with Crippen LogP contribution in [-0.4, -0.2) is 23.0 Å². The van der Waals surface area contributed by atoms with Crippen LogP contribution in [0.25, 0.3) is 10.4 Å². The summed E-state index contributed by atoms with van der Waals surface area (Å²) in [5, 5.41) is 0.814. The Hall–Kier alpha value is -2.77. The molecule has 2 heterocycles. The topological polar surface area (TPSA) is 90.1 Å². The fourth-order valence-electron chi connectivity index (χ4n) is 2.82. The smallest absolute Gasteiger partial charge is 0.358 e. The number of methoxy groups -OCH3 is 1. The second-order valence-electron chi connectivity index (χ2n) is 5.89. The largest absolute Gasteiger partial charge is 0.464 e. The third-order valence-electron chi connectivity index (χ3n) is 4.20. The number of hydrazine groups is 1. The summed E-state index contributed by atoms with van der Waals surface area (Å²) in [6.07, 6.45) is 3.98. The zero-order valence-electron chi connectivity index (χ0n) is 14.9. The van der Waals surface area contributed by atoms with E-state index in [9.17, 15) is 4.79 Å². The molecule has 3 aromatic rings. The molecule has 0 radical (unpaired) electrons. The van der Waals surface area contributed by atoms with E-state index in [2.05, 4.69) is 21.5 Å². The van der Waals surface area contributed by atoms with Crippen molar-refractivity contribution >= 4 is 23.0 Å². The number of thiazole rings is 1. The fraction of sp³-hybridized carbons (Fsp3) is 0.211. The van der Waals surface area contributed by atoms with Crippen LogP contribution >= 0.6 is 11.3 Å². The van der Waals surface area contributed by atoms with Crippen LogP contribution in [0.4, 0.5) is 5.69 Å². The lowest BCUT2D eigenvalue weighted by molar-refractivity contribution is 0.0595. The van der Waals surface area contributed by atoms with Gasteiger partial charge < -0.3 is 10.2 Å². The van der Waals surface area contributed by atoms with Crippen LogP contribution in [0.3, 0.4) is 0 Å². The number of anilines is 1. The molecule has 3 rings (SSSR count). The molecule has 0 aliphatic rings. The van der Waals surface area contributed by atoms with Gasteiger partial charge in [0.2, 0.25) is 0 Å². The van der Waals surface area contributed by atoms with Gasteiger partial charge in [-0.15, -0.1) is 11.3 Å². The maximum Gasteiger partial charge on any atom is 0.358 e. The van der Waals surface area contributed by atoms with Crippen molar-refractivity contribution in [3.05, 3.63) is 64.1 Å². The van der Waals surface area contributed by atoms with E-state index in [0.717, 1.165) is 37.8 Å². The van der Waals surface area contributed by atoms with Crippen molar-refractivity contribution in [2.24, 2.45) is 5.84 Å². The minimum atomic E-state index is -0.454. The van der Waals surface area contributed by atoms with Crippen molar-refractivity contribution in [2.75, 3.05) is 12.5 Å². The molecule has 3 N–H and O–H groups in total. The lowest BCUT2D eigenvalue weighted by Crippen LogP contribution is -2.12. The average Bonchev–Trinajstić information content (AvgIpc) is 3.09. The van der Waals surface area contributed by atoms with Crippen LogP contribution in [0.1, 0.15) is 32.2 Å². The third kappa shape index (κ3) is 3.44. The number of hydrogen-bond acceptors (Lipinski definition) is 7. The highest BCUT2D eigenvalue weighted by atomic mass is 32.1. The van der Waals surface area contributed by atoms with Gasteiger partial charge >= 0.3 is 5.97 Å². The highest BCUT2D eigenvalue weighted by Crippen LogP contribution is 2.33. The maximum atomic E-state index is 12.2. The number of nitrogens with one attached hydrogen (secondary N) is 1. The summed E-state index contributed by atoms with van der Waals surface area (Å²) in [6, 6.07) is 7.82. The van der Waals surface area contributed by atoms with Crippen molar-refractivity contribution in [1.82, 2.24) is 9.97 Å². The van der Waals surface area contributed by atoms with Crippen LogP contribution < -0.4 is 11.3 Å². The van der Waals surface area contributed by atoms with Crippen molar-refractivity contribution < 1.29 is 9.53 Å². The Morgan fingerprint density at radius 3 is 2.69 bits per heavy atom. The number of nitrogen functional groups attached to an aromatic ring is 1. The van der Waals surface area contributed by atoms with Crippen LogP contribution in [0.5, 0.6) is 0 Å². The first-order valence-electron chi connectivity index (χ1n) is 8.09. The normalized spacial score (nSPS) is 10.6. The van der Waals surface area contributed by atoms with Gasteiger partial charge in [0.25, 0.3) is 0 Å². The molecule has 26 heavy (non-hydrogen) atoms. The number of aryl methyl sites for hydroxylation is 2. The van der Waals surface area contributed by atoms with Gasteiger partial charge in [-0.2, -0.15) is 0 Å². The molecule has 0 fully saturated rings. The number of aromatic nitrogens is 2. The molecular weight excluding hydrogens is 348 g/mol. The SMILES string of the molecule is COC(=O)c1nc(Cc2c(C)ccc(C)c2NN)sc1-c1cccnc1. The molecule has 0 saturated heterocycles. The maximum absolute atomic E-state index is 12.2. The highest BCUT2D eigenvalue weighted by molar-refractivity contribution is 7.15. The molecule has 0 saturated carbocycles. The van der Waals surface area contributed by atoms with Gasteiger partial charge in [0.15, 0.2) is 5.69 Å². The molecule has 0 spiro atoms. The quantitative estimate of drug-likeness (QED) is 0.407. The summed E-state index contributed by atoms with van der Waals surface area (Å²) in [5.41, 5.74) is 8.07. The van der Waals surface area contributed by atoms with E-state index in [4.69, 9.17) is 10.6 Å². The van der Waals surface area contributed by atoms with E-state index in [1.54, 1.807) is 12.4 Å². The summed E-state index contributed by atoms with van der Waals surface area (Å²) in [6.45, 7) is 4.04. The van der Waals surface area contributed by atoms with E-state index >= 15 is 0 Å². The summed E-state index contributed by atoms with van der Waals surface area (Å²) < 4.78 is 4.90. The number of nitrogens with zero attached hydrogens (tertiary/aromatic N) is 2. The predicted molar refractivity (Wildman–Crippen MR) is 103 cm³/mol. The molecule has 6 nitrogen and oxygen atoms in total. The molecule has 0 bridgehead atoms. The number of ether oxygens (including phenoxy) is 1. The lowest BCUT2D eigenvalue weighted by atomic mass is 10.00. The van der Waals surface area contributed by atoms with E-state index < -0.39 is 5.97 Å². The molecule has 134 valence electrons. The van der Waals surface area contributed by atoms with Crippen LogP contribution in [0.15, 0.2) is 36.7 Å². The summed E-state index contributed by atoms with van der Waals surface area (Å²) >= 11 is 1.46. The number of pyridine rings is 1. The minimum absolute atomic E-state index is 0.313. The van der Waals surface area contributed by atoms with Crippen molar-refractivity contribution in [2.45, 2.75) is 20.3 Å². The van der Waals surface area contributed by atoms with Gasteiger partial charge in [0.05, 0.1) is 22.7 Å². The standard InChI is InChI=1S/C19H20N4O2S/c1-11-6-7-12(2)16(23-20)14(11)9-15-22-17(19(24)25-3)18(26-15)13-5-4-8-21-10-13/h4-8,10,23H,9,20H2,1-3H3. The molecule has 0 atom stereocenters. The summed E-state index contributed by atoms with van der Waals surface area (Å²) in [5.74, 6) is 5.27. The molecule has 0 unspecified atom stereocenters. The molecule has 0 amide bonds. The number of carbonyl (C=O) groups is 1. The molecule has 2 aromatic heterocycles. The number of nitrogens with two attached hydrogens (primary N) is 1. The Balaban J connectivity index is 2.07. The van der Waals surface area contributed by atoms with Crippen LogP contribution in [-0.2, 0) is 11.2 Å². The predicted octanol–water partition coefficient (Wildman–Crippen LogP) is 3.48. The first-order chi connectivity index (χ1) is 12.5. The van der Waals surface area contributed by atoms with Crippen molar-refractivity contribution in [1.29, 1.82) is 0 Å². The zero-order valence-corrected chi connectivity index (χ0v) is 15.7. The van der Waals surface area contributed by atoms with Crippen molar-refractivity contribution in [3.63, 3.8) is 0 Å². The first-order valence-corrected chi connectivity index (χ1v) is 8.91. The average molecular weight is 368 g/mol. The molecule has 1 aromatic carbocycles. The Bertz CT molecular complexity index is 938. The zero-order chi connectivity index (χ0) is 18.7. The van der Waals surface area contributed by atoms with E-state index in [1.165, 1.54) is 18.4 Å². The molecule has 7 heteroatoms. The van der Waals surface area contributed by atoms with Crippen molar-refractivity contribution in [3.8, 4) is 10.4 Å². The second-order valence-corrected chi connectivity index (χ2v) is 6.98. The van der Waals surface area contributed by atoms with E-state index in [-0.39, 0.29) is 0 Å². The Kier molecular flexibility index (Phi) is 5.29. The minimum Gasteiger partial charge on any atom is -0.464 e. The second kappa shape index (κ2) is 7.63. The summed E-state index contributed by atoms with van der Waals surface area (Å²) in [4.78, 5) is 21.6. The monoisotopic (exact) mass is 368 g/mol. The van der Waals surface area contributed by atoms with Gasteiger partial charge in [-0.3, -0.25) is 10.8 Å². The van der Waals surface area contributed by atoms with Crippen LogP contribution in [0, 0.1) is 13.8 Å². The van der Waals surface area contributed by atoms with Crippen LogP contribution in [0.2, 0.25) is 0 Å². The number of carbonyl (C=O) groups excluding carboxylic acids is 1. The lowest BCUT2D eigenvalue weighted by Gasteiger charge is -2.13. The number of hydrogen-bond donors (Lipinski definition) is 2. The Morgan fingerprint density at radius 2 is 2.04 bits per heavy atom. The molecule has 0 aliphatic carbocycles. The Morgan fingerprint density at radius 1 is 1.27 bits per heavy atom. The number of rotatable bonds is 5. The van der Waals surface area contributed by atoms with E-state index in [1.807, 2.05) is 32.0 Å². The number of benzene rings is 1. The van der Waals surface area contributed by atoms with Gasteiger partial charge in [0, 0.05) is 24.4 Å². The van der Waals surface area contributed by atoms with E-state index in [0.29, 0.717) is 12.1 Å². The fourth-order valence-corrected chi connectivity index (χ4v) is 3.87. The number of esters is 1. The van der Waals surface area contributed by atoms with Gasteiger partial charge in [0.1, 0.15) is 0 Å². The van der Waals surface area contributed by atoms with Gasteiger partial charge in [-0.25, -0.2) is 9.78 Å². The Labute approximate surface area is 156 Å². The van der Waals surface area contributed by atoms with Gasteiger partial charge in [-0.05, 0) is 36.6 Å². The molecular formula is C19H20N4O2S. The first kappa shape index (κ1) is 18.0. The van der Waals surface area contributed by atoms with Gasteiger partial charge in [-0.1, -0.05) is 18.2 Å². The summed E-state index contributed by atoms with van der Waals surface area (Å²) in [7, 11) is 1.36. The molecule has 0 aliphatic heterocycles. The highest BCUT2D eigenvalue weighted by Gasteiger charge is 2.21.